The van der Waals surface area contributed by atoms with Gasteiger partial charge in [-0.05, 0) is 30.9 Å². The lowest BCUT2D eigenvalue weighted by atomic mass is 9.96. The average Bonchev–Trinajstić information content (AvgIpc) is 3.16. The maximum Gasteiger partial charge on any atom is 0.412 e. The lowest BCUT2D eigenvalue weighted by Gasteiger charge is -2.34. The van der Waals surface area contributed by atoms with E-state index in [1.807, 2.05) is 28.8 Å². The van der Waals surface area contributed by atoms with Crippen LogP contribution in [0.3, 0.4) is 0 Å². The second-order valence-electron chi connectivity index (χ2n) is 7.73. The molecule has 0 saturated heterocycles. The van der Waals surface area contributed by atoms with Crippen LogP contribution in [0.5, 0.6) is 0 Å². The minimum absolute atomic E-state index is 0.294. The third-order valence-electron chi connectivity index (χ3n) is 5.81. The number of imidazole rings is 1. The highest BCUT2D eigenvalue weighted by molar-refractivity contribution is 5.80. The standard InChI is InChI=1S/C23H34N4O4/c1-6-16(3)20-17(7-2)21(31-23(28)26(12-14-29-4)13-15-30-5)27-19-11-9-8-10-18(19)24-22(27)25-20/h8-11,16,21H,6-7,12-15H2,1-5H3,(H,24,25). The molecule has 0 radical (unpaired) electrons. The molecular formula is C23H34N4O4. The number of allylic oxidation sites excluding steroid dienone is 1. The van der Waals surface area contributed by atoms with Crippen molar-refractivity contribution >= 4 is 23.1 Å². The number of nitrogens with zero attached hydrogens (tertiary/aromatic N) is 3. The van der Waals surface area contributed by atoms with E-state index in [4.69, 9.17) is 19.2 Å². The Labute approximate surface area is 184 Å². The van der Waals surface area contributed by atoms with Gasteiger partial charge in [-0.15, -0.1) is 0 Å². The Bertz CT molecular complexity index is 915. The summed E-state index contributed by atoms with van der Waals surface area (Å²) in [5.41, 5.74) is 3.95. The van der Waals surface area contributed by atoms with E-state index in [1.54, 1.807) is 19.1 Å². The molecule has 1 aromatic carbocycles. The third kappa shape index (κ3) is 4.85. The summed E-state index contributed by atoms with van der Waals surface area (Å²) in [4.78, 5) is 19.6. The topological polar surface area (TPSA) is 77.9 Å². The van der Waals surface area contributed by atoms with Gasteiger partial charge >= 0.3 is 6.09 Å². The Balaban J connectivity index is 2.01. The van der Waals surface area contributed by atoms with Gasteiger partial charge in [0.1, 0.15) is 0 Å². The zero-order chi connectivity index (χ0) is 22.4. The molecule has 0 bridgehead atoms. The van der Waals surface area contributed by atoms with Gasteiger partial charge in [0.15, 0.2) is 0 Å². The minimum atomic E-state index is -0.558. The zero-order valence-corrected chi connectivity index (χ0v) is 19.2. The molecule has 1 N–H and O–H groups in total. The molecule has 0 fully saturated rings. The molecule has 1 aliphatic rings. The van der Waals surface area contributed by atoms with Crippen LogP contribution in [0.25, 0.3) is 11.0 Å². The Kier molecular flexibility index (Phi) is 7.92. The highest BCUT2D eigenvalue weighted by atomic mass is 16.6. The molecule has 2 heterocycles. The predicted molar refractivity (Wildman–Crippen MR) is 121 cm³/mol. The molecule has 31 heavy (non-hydrogen) atoms. The summed E-state index contributed by atoms with van der Waals surface area (Å²) in [6.07, 6.45) is 0.782. The second-order valence-corrected chi connectivity index (χ2v) is 7.73. The molecule has 1 aliphatic heterocycles. The summed E-state index contributed by atoms with van der Waals surface area (Å²) in [5, 5.41) is 3.53. The third-order valence-corrected chi connectivity index (χ3v) is 5.81. The molecule has 2 aromatic rings. The van der Waals surface area contributed by atoms with Gasteiger partial charge in [-0.25, -0.2) is 9.78 Å². The van der Waals surface area contributed by atoms with Crippen LogP contribution < -0.4 is 5.32 Å². The molecule has 0 spiro atoms. The van der Waals surface area contributed by atoms with E-state index in [-0.39, 0.29) is 6.09 Å². The lowest BCUT2D eigenvalue weighted by molar-refractivity contribution is 0.0330. The Morgan fingerprint density at radius 2 is 1.87 bits per heavy atom. The minimum Gasteiger partial charge on any atom is -0.421 e. The number of carbonyl (C=O) groups is 1. The monoisotopic (exact) mass is 430 g/mol. The first-order valence-corrected chi connectivity index (χ1v) is 11.0. The number of nitrogens with one attached hydrogen (secondary N) is 1. The van der Waals surface area contributed by atoms with E-state index in [2.05, 4.69) is 26.1 Å². The van der Waals surface area contributed by atoms with Gasteiger partial charge in [0, 0.05) is 38.6 Å². The number of rotatable bonds is 10. The van der Waals surface area contributed by atoms with Gasteiger partial charge < -0.3 is 24.4 Å². The smallest absolute Gasteiger partial charge is 0.412 e. The summed E-state index contributed by atoms with van der Waals surface area (Å²) in [6.45, 7) is 8.16. The van der Waals surface area contributed by atoms with Crippen LogP contribution in [-0.4, -0.2) is 61.1 Å². The molecule has 170 valence electrons. The average molecular weight is 431 g/mol. The van der Waals surface area contributed by atoms with Crippen molar-refractivity contribution in [1.29, 1.82) is 0 Å². The molecule has 2 atom stereocenters. The van der Waals surface area contributed by atoms with Crippen molar-refractivity contribution in [3.63, 3.8) is 0 Å². The second kappa shape index (κ2) is 10.6. The van der Waals surface area contributed by atoms with Crippen LogP contribution in [0, 0.1) is 5.92 Å². The van der Waals surface area contributed by atoms with Gasteiger partial charge in [0.05, 0.1) is 24.2 Å². The van der Waals surface area contributed by atoms with Gasteiger partial charge in [-0.3, -0.25) is 4.57 Å². The van der Waals surface area contributed by atoms with Gasteiger partial charge in [-0.1, -0.05) is 32.9 Å². The fourth-order valence-electron chi connectivity index (χ4n) is 3.86. The van der Waals surface area contributed by atoms with Crippen molar-refractivity contribution in [3.05, 3.63) is 35.5 Å². The highest BCUT2D eigenvalue weighted by Gasteiger charge is 2.34. The van der Waals surface area contributed by atoms with E-state index < -0.39 is 6.23 Å². The maximum atomic E-state index is 13.2. The van der Waals surface area contributed by atoms with E-state index in [0.717, 1.165) is 35.1 Å². The number of amides is 1. The number of para-hydroxylation sites is 2. The van der Waals surface area contributed by atoms with Crippen LogP contribution in [0.2, 0.25) is 0 Å². The summed E-state index contributed by atoms with van der Waals surface area (Å²) >= 11 is 0. The molecule has 1 amide bonds. The zero-order valence-electron chi connectivity index (χ0n) is 19.2. The van der Waals surface area contributed by atoms with Crippen LogP contribution >= 0.6 is 0 Å². The van der Waals surface area contributed by atoms with Crippen molar-refractivity contribution in [3.8, 4) is 0 Å². The number of carbonyl (C=O) groups excluding carboxylic acids is 1. The normalized spacial score (nSPS) is 16.7. The Morgan fingerprint density at radius 3 is 2.48 bits per heavy atom. The summed E-state index contributed by atoms with van der Waals surface area (Å²) in [5.74, 6) is 0.995. The van der Waals surface area contributed by atoms with E-state index in [0.29, 0.717) is 38.2 Å². The van der Waals surface area contributed by atoms with Crippen LogP contribution in [-0.2, 0) is 14.2 Å². The van der Waals surface area contributed by atoms with E-state index in [1.165, 1.54) is 0 Å². The van der Waals surface area contributed by atoms with E-state index in [9.17, 15) is 4.79 Å². The van der Waals surface area contributed by atoms with Crippen molar-refractivity contribution in [1.82, 2.24) is 14.5 Å². The van der Waals surface area contributed by atoms with Crippen LogP contribution in [0.15, 0.2) is 35.5 Å². The van der Waals surface area contributed by atoms with Gasteiger partial charge in [0.2, 0.25) is 12.2 Å². The van der Waals surface area contributed by atoms with Crippen molar-refractivity contribution in [2.45, 2.75) is 39.8 Å². The SMILES string of the molecule is CCC1=C(C(C)CC)Nc2nc3ccccc3n2C1OC(=O)N(CCOC)CCOC. The molecule has 3 rings (SSSR count). The predicted octanol–water partition coefficient (Wildman–Crippen LogP) is 4.40. The number of aromatic nitrogens is 2. The van der Waals surface area contributed by atoms with Gasteiger partial charge in [-0.2, -0.15) is 0 Å². The summed E-state index contributed by atoms with van der Waals surface area (Å²) < 4.78 is 18.5. The van der Waals surface area contributed by atoms with Crippen molar-refractivity contribution < 1.29 is 19.0 Å². The highest BCUT2D eigenvalue weighted by Crippen LogP contribution is 2.40. The first-order chi connectivity index (χ1) is 15.0. The lowest BCUT2D eigenvalue weighted by Crippen LogP contribution is -2.39. The number of methoxy groups -OCH3 is 2. The maximum absolute atomic E-state index is 13.2. The first kappa shape index (κ1) is 23.1. The number of hydrogen-bond acceptors (Lipinski definition) is 6. The fourth-order valence-corrected chi connectivity index (χ4v) is 3.86. The molecule has 0 aliphatic carbocycles. The number of fused-ring (bicyclic) bond motifs is 3. The Hall–Kier alpha value is -2.58. The molecule has 0 saturated carbocycles. The van der Waals surface area contributed by atoms with Crippen molar-refractivity contribution in [2.75, 3.05) is 45.8 Å². The largest absolute Gasteiger partial charge is 0.421 e. The first-order valence-electron chi connectivity index (χ1n) is 11.0. The Morgan fingerprint density at radius 1 is 1.19 bits per heavy atom. The molecule has 8 heteroatoms. The summed E-state index contributed by atoms with van der Waals surface area (Å²) in [6, 6.07) is 7.91. The number of hydrogen-bond donors (Lipinski definition) is 1. The van der Waals surface area contributed by atoms with Crippen LogP contribution in [0.1, 0.15) is 39.8 Å². The summed E-state index contributed by atoms with van der Waals surface area (Å²) in [7, 11) is 3.24. The van der Waals surface area contributed by atoms with E-state index >= 15 is 0 Å². The number of ether oxygens (including phenoxy) is 3. The molecule has 1 aromatic heterocycles. The number of benzene rings is 1. The fraction of sp³-hybridized carbons (Fsp3) is 0.565. The number of anilines is 1. The van der Waals surface area contributed by atoms with Crippen LogP contribution in [0.4, 0.5) is 10.7 Å². The molecule has 8 nitrogen and oxygen atoms in total. The van der Waals surface area contributed by atoms with Crippen molar-refractivity contribution in [2.24, 2.45) is 5.92 Å². The molecule has 2 unspecified atom stereocenters. The quantitative estimate of drug-likeness (QED) is 0.602. The van der Waals surface area contributed by atoms with Gasteiger partial charge in [0.25, 0.3) is 0 Å². The molecular weight excluding hydrogens is 396 g/mol.